The Bertz CT molecular complexity index is 1150. The predicted molar refractivity (Wildman–Crippen MR) is 102 cm³/mol. The van der Waals surface area contributed by atoms with E-state index in [1.54, 1.807) is 42.5 Å². The maximum Gasteiger partial charge on any atom is 0.259 e. The molecule has 0 bridgehead atoms. The second kappa shape index (κ2) is 6.64. The molecule has 1 aromatic heterocycles. The fourth-order valence-corrected chi connectivity index (χ4v) is 2.76. The summed E-state index contributed by atoms with van der Waals surface area (Å²) in [4.78, 5) is 31.9. The first-order valence-electron chi connectivity index (χ1n) is 8.16. The highest BCUT2D eigenvalue weighted by Gasteiger charge is 2.08. The van der Waals surface area contributed by atoms with Gasteiger partial charge in [0, 0.05) is 16.8 Å². The number of anilines is 1. The van der Waals surface area contributed by atoms with Crippen molar-refractivity contribution in [2.24, 2.45) is 0 Å². The number of hydrogen-bond donors (Lipinski definition) is 2. The van der Waals surface area contributed by atoms with Crippen LogP contribution < -0.4 is 10.9 Å². The largest absolute Gasteiger partial charge is 0.322 e. The first-order valence-corrected chi connectivity index (χ1v) is 8.16. The molecule has 2 N–H and O–H groups in total. The van der Waals surface area contributed by atoms with Gasteiger partial charge in [0.05, 0.1) is 10.9 Å². The van der Waals surface area contributed by atoms with Crippen LogP contribution in [0.5, 0.6) is 0 Å². The van der Waals surface area contributed by atoms with Crippen LogP contribution in [0, 0.1) is 0 Å². The molecule has 5 heteroatoms. The molecule has 0 radical (unpaired) electrons. The summed E-state index contributed by atoms with van der Waals surface area (Å²) in [7, 11) is 0. The van der Waals surface area contributed by atoms with Crippen LogP contribution in [0.25, 0.3) is 22.3 Å². The lowest BCUT2D eigenvalue weighted by atomic mass is 10.1. The van der Waals surface area contributed by atoms with Gasteiger partial charge in [-0.15, -0.1) is 0 Å². The zero-order valence-corrected chi connectivity index (χ0v) is 13.8. The lowest BCUT2D eigenvalue weighted by Gasteiger charge is -2.08. The third-order valence-corrected chi connectivity index (χ3v) is 4.04. The molecular weight excluding hydrogens is 326 g/mol. The summed E-state index contributed by atoms with van der Waals surface area (Å²) in [5.74, 6) is 0.271. The van der Waals surface area contributed by atoms with Crippen LogP contribution in [0.15, 0.2) is 83.7 Å². The van der Waals surface area contributed by atoms with E-state index in [0.717, 1.165) is 5.56 Å². The maximum atomic E-state index is 12.3. The average Bonchev–Trinajstić information content (AvgIpc) is 2.69. The van der Waals surface area contributed by atoms with E-state index in [-0.39, 0.29) is 11.5 Å². The summed E-state index contributed by atoms with van der Waals surface area (Å²) < 4.78 is 0. The van der Waals surface area contributed by atoms with Gasteiger partial charge in [0.1, 0.15) is 5.82 Å². The number of nitrogens with zero attached hydrogens (tertiary/aromatic N) is 1. The minimum absolute atomic E-state index is 0.190. The second-order valence-electron chi connectivity index (χ2n) is 5.83. The van der Waals surface area contributed by atoms with E-state index in [2.05, 4.69) is 15.3 Å². The van der Waals surface area contributed by atoms with E-state index in [4.69, 9.17) is 0 Å². The number of H-pyrrole nitrogens is 1. The highest BCUT2D eigenvalue weighted by molar-refractivity contribution is 6.04. The monoisotopic (exact) mass is 341 g/mol. The number of amides is 1. The SMILES string of the molecule is O=C(Nc1cccc(-c2nc3ccccc3c(=O)[nH]2)c1)c1ccccc1. The zero-order valence-electron chi connectivity index (χ0n) is 13.8. The molecule has 4 aromatic rings. The Balaban J connectivity index is 1.68. The smallest absolute Gasteiger partial charge is 0.259 e. The number of rotatable bonds is 3. The summed E-state index contributed by atoms with van der Waals surface area (Å²) in [6, 6.07) is 23.4. The van der Waals surface area contributed by atoms with E-state index in [9.17, 15) is 9.59 Å². The number of carbonyl (C=O) groups is 1. The maximum absolute atomic E-state index is 12.3. The molecule has 1 heterocycles. The second-order valence-corrected chi connectivity index (χ2v) is 5.83. The van der Waals surface area contributed by atoms with Gasteiger partial charge >= 0.3 is 0 Å². The van der Waals surface area contributed by atoms with E-state index in [0.29, 0.717) is 28.0 Å². The predicted octanol–water partition coefficient (Wildman–Crippen LogP) is 3.84. The minimum atomic E-state index is -0.192. The van der Waals surface area contributed by atoms with Crippen molar-refractivity contribution in [1.29, 1.82) is 0 Å². The van der Waals surface area contributed by atoms with Gasteiger partial charge in [-0.3, -0.25) is 9.59 Å². The first-order chi connectivity index (χ1) is 12.7. The Morgan fingerprint density at radius 3 is 2.50 bits per heavy atom. The van der Waals surface area contributed by atoms with Crippen molar-refractivity contribution in [3.8, 4) is 11.4 Å². The van der Waals surface area contributed by atoms with Crippen LogP contribution in [0.2, 0.25) is 0 Å². The van der Waals surface area contributed by atoms with Crippen molar-refractivity contribution < 1.29 is 4.79 Å². The summed E-state index contributed by atoms with van der Waals surface area (Å²) in [6.07, 6.45) is 0. The lowest BCUT2D eigenvalue weighted by molar-refractivity contribution is 0.102. The summed E-state index contributed by atoms with van der Waals surface area (Å²) in [6.45, 7) is 0. The van der Waals surface area contributed by atoms with Crippen molar-refractivity contribution in [1.82, 2.24) is 9.97 Å². The number of aromatic nitrogens is 2. The molecule has 0 saturated heterocycles. The number of aromatic amines is 1. The van der Waals surface area contributed by atoms with Gasteiger partial charge in [0.25, 0.3) is 11.5 Å². The topological polar surface area (TPSA) is 74.8 Å². The fraction of sp³-hybridized carbons (Fsp3) is 0. The Labute approximate surface area is 149 Å². The molecule has 0 atom stereocenters. The van der Waals surface area contributed by atoms with Gasteiger partial charge in [0.15, 0.2) is 0 Å². The molecule has 1 amide bonds. The van der Waals surface area contributed by atoms with Crippen LogP contribution >= 0.6 is 0 Å². The molecule has 0 spiro atoms. The molecular formula is C21H15N3O2. The third-order valence-electron chi connectivity index (χ3n) is 4.04. The van der Waals surface area contributed by atoms with Crippen molar-refractivity contribution >= 4 is 22.5 Å². The molecule has 0 aliphatic rings. The summed E-state index contributed by atoms with van der Waals surface area (Å²) >= 11 is 0. The highest BCUT2D eigenvalue weighted by atomic mass is 16.1. The lowest BCUT2D eigenvalue weighted by Crippen LogP contribution is -2.12. The van der Waals surface area contributed by atoms with Crippen LogP contribution in [-0.2, 0) is 0 Å². The van der Waals surface area contributed by atoms with E-state index in [1.807, 2.05) is 36.4 Å². The molecule has 126 valence electrons. The molecule has 5 nitrogen and oxygen atoms in total. The van der Waals surface area contributed by atoms with Gasteiger partial charge in [-0.2, -0.15) is 0 Å². The van der Waals surface area contributed by atoms with E-state index >= 15 is 0 Å². The summed E-state index contributed by atoms with van der Waals surface area (Å²) in [5.41, 5.74) is 2.37. The zero-order chi connectivity index (χ0) is 17.9. The van der Waals surface area contributed by atoms with Crippen molar-refractivity contribution in [2.75, 3.05) is 5.32 Å². The standard InChI is InChI=1S/C21H15N3O2/c25-20(14-7-2-1-3-8-14)22-16-10-6-9-15(13-16)19-23-18-12-5-4-11-17(18)21(26)24-19/h1-13H,(H,22,25)(H,23,24,26). The average molecular weight is 341 g/mol. The molecule has 26 heavy (non-hydrogen) atoms. The van der Waals surface area contributed by atoms with Gasteiger partial charge in [-0.05, 0) is 36.4 Å². The van der Waals surface area contributed by atoms with E-state index in [1.165, 1.54) is 0 Å². The molecule has 0 saturated carbocycles. The van der Waals surface area contributed by atoms with Crippen molar-refractivity contribution in [3.63, 3.8) is 0 Å². The quantitative estimate of drug-likeness (QED) is 0.594. The molecule has 0 fully saturated rings. The fourth-order valence-electron chi connectivity index (χ4n) is 2.76. The van der Waals surface area contributed by atoms with Gasteiger partial charge in [-0.25, -0.2) is 4.98 Å². The number of hydrogen-bond acceptors (Lipinski definition) is 3. The number of para-hydroxylation sites is 1. The van der Waals surface area contributed by atoms with Crippen LogP contribution in [-0.4, -0.2) is 15.9 Å². The first kappa shape index (κ1) is 15.8. The molecule has 0 aliphatic carbocycles. The molecule has 4 rings (SSSR count). The Morgan fingerprint density at radius 2 is 1.65 bits per heavy atom. The Morgan fingerprint density at radius 1 is 0.885 bits per heavy atom. The van der Waals surface area contributed by atoms with Gasteiger partial charge < -0.3 is 10.3 Å². The van der Waals surface area contributed by atoms with Crippen LogP contribution in [0.3, 0.4) is 0 Å². The van der Waals surface area contributed by atoms with Crippen molar-refractivity contribution in [2.45, 2.75) is 0 Å². The van der Waals surface area contributed by atoms with Gasteiger partial charge in [0.2, 0.25) is 0 Å². The molecule has 0 aliphatic heterocycles. The Kier molecular flexibility index (Phi) is 4.03. The number of nitrogens with one attached hydrogen (secondary N) is 2. The Hall–Kier alpha value is -3.73. The third kappa shape index (κ3) is 3.10. The van der Waals surface area contributed by atoms with Crippen LogP contribution in [0.4, 0.5) is 5.69 Å². The number of fused-ring (bicyclic) bond motifs is 1. The number of benzene rings is 3. The van der Waals surface area contributed by atoms with Crippen molar-refractivity contribution in [3.05, 3.63) is 94.8 Å². The summed E-state index contributed by atoms with van der Waals surface area (Å²) in [5, 5.41) is 3.41. The number of carbonyl (C=O) groups excluding carboxylic acids is 1. The molecule has 3 aromatic carbocycles. The van der Waals surface area contributed by atoms with E-state index < -0.39 is 0 Å². The minimum Gasteiger partial charge on any atom is -0.322 e. The van der Waals surface area contributed by atoms with Gasteiger partial charge in [-0.1, -0.05) is 42.5 Å². The molecule has 0 unspecified atom stereocenters. The normalized spacial score (nSPS) is 10.6. The van der Waals surface area contributed by atoms with Crippen LogP contribution in [0.1, 0.15) is 10.4 Å². The highest BCUT2D eigenvalue weighted by Crippen LogP contribution is 2.20.